The quantitative estimate of drug-likeness (QED) is 0.751. The number of amides is 1. The molecule has 1 fully saturated rings. The van der Waals surface area contributed by atoms with Crippen molar-refractivity contribution in [2.24, 2.45) is 11.8 Å². The summed E-state index contributed by atoms with van der Waals surface area (Å²) in [4.78, 5) is 13.6. The topological polar surface area (TPSA) is 52.6 Å². The second kappa shape index (κ2) is 6.97. The second-order valence-corrected chi connectivity index (χ2v) is 5.41. The predicted octanol–water partition coefficient (Wildman–Crippen LogP) is 0.851. The van der Waals surface area contributed by atoms with Crippen molar-refractivity contribution in [2.45, 2.75) is 39.2 Å². The molecule has 0 bridgehead atoms. The summed E-state index contributed by atoms with van der Waals surface area (Å²) >= 11 is 0. The first-order chi connectivity index (χ1) is 8.00. The van der Waals surface area contributed by atoms with Crippen LogP contribution in [0.15, 0.2) is 0 Å². The van der Waals surface area contributed by atoms with Gasteiger partial charge in [-0.2, -0.15) is 0 Å². The molecule has 0 aromatic heterocycles. The van der Waals surface area contributed by atoms with Crippen LogP contribution in [-0.4, -0.2) is 48.7 Å². The zero-order chi connectivity index (χ0) is 12.8. The lowest BCUT2D eigenvalue weighted by atomic mass is 9.85. The average Bonchev–Trinajstić information content (AvgIpc) is 2.29. The van der Waals surface area contributed by atoms with Crippen LogP contribution < -0.4 is 5.32 Å². The van der Waals surface area contributed by atoms with Gasteiger partial charge in [0.15, 0.2) is 0 Å². The van der Waals surface area contributed by atoms with Crippen molar-refractivity contribution in [2.75, 3.05) is 26.7 Å². The van der Waals surface area contributed by atoms with Crippen molar-refractivity contribution in [1.29, 1.82) is 0 Å². The summed E-state index contributed by atoms with van der Waals surface area (Å²) in [5, 5.41) is 12.6. The van der Waals surface area contributed by atoms with Crippen molar-refractivity contribution in [1.82, 2.24) is 10.2 Å². The van der Waals surface area contributed by atoms with E-state index in [0.29, 0.717) is 24.8 Å². The summed E-state index contributed by atoms with van der Waals surface area (Å²) in [6.07, 6.45) is 2.58. The Labute approximate surface area is 104 Å². The highest BCUT2D eigenvalue weighted by atomic mass is 16.3. The third-order valence-electron chi connectivity index (χ3n) is 3.60. The summed E-state index contributed by atoms with van der Waals surface area (Å²) in [6, 6.07) is 0. The maximum absolute atomic E-state index is 11.9. The number of rotatable bonds is 5. The molecule has 0 spiro atoms. The smallest absolute Gasteiger partial charge is 0.222 e. The summed E-state index contributed by atoms with van der Waals surface area (Å²) in [7, 11) is 1.76. The van der Waals surface area contributed by atoms with Crippen LogP contribution in [0, 0.1) is 11.8 Å². The van der Waals surface area contributed by atoms with E-state index in [1.165, 1.54) is 12.8 Å². The lowest BCUT2D eigenvalue weighted by Gasteiger charge is -2.29. The van der Waals surface area contributed by atoms with E-state index < -0.39 is 6.10 Å². The van der Waals surface area contributed by atoms with Gasteiger partial charge in [-0.3, -0.25) is 4.79 Å². The zero-order valence-corrected chi connectivity index (χ0v) is 11.3. The van der Waals surface area contributed by atoms with Crippen LogP contribution >= 0.6 is 0 Å². The van der Waals surface area contributed by atoms with E-state index in [-0.39, 0.29) is 5.91 Å². The first kappa shape index (κ1) is 14.5. The molecule has 17 heavy (non-hydrogen) atoms. The monoisotopic (exact) mass is 242 g/mol. The molecule has 4 nitrogen and oxygen atoms in total. The first-order valence-electron chi connectivity index (χ1n) is 6.63. The summed E-state index contributed by atoms with van der Waals surface area (Å²) in [6.45, 7) is 6.44. The normalized spacial score (nSPS) is 24.1. The number of piperidine rings is 1. The third-order valence-corrected chi connectivity index (χ3v) is 3.60. The minimum Gasteiger partial charge on any atom is -0.392 e. The Morgan fingerprint density at radius 3 is 2.76 bits per heavy atom. The molecule has 1 saturated heterocycles. The van der Waals surface area contributed by atoms with Crippen LogP contribution in [0.5, 0.6) is 0 Å². The van der Waals surface area contributed by atoms with Gasteiger partial charge in [0.25, 0.3) is 0 Å². The van der Waals surface area contributed by atoms with Gasteiger partial charge in [-0.1, -0.05) is 6.92 Å². The van der Waals surface area contributed by atoms with Crippen LogP contribution in [0.3, 0.4) is 0 Å². The largest absolute Gasteiger partial charge is 0.392 e. The highest BCUT2D eigenvalue weighted by Crippen LogP contribution is 2.22. The van der Waals surface area contributed by atoms with E-state index in [0.717, 1.165) is 13.1 Å². The first-order valence-corrected chi connectivity index (χ1v) is 6.63. The number of hydrogen-bond donors (Lipinski definition) is 2. The van der Waals surface area contributed by atoms with Crippen molar-refractivity contribution >= 4 is 5.91 Å². The zero-order valence-electron chi connectivity index (χ0n) is 11.3. The molecule has 1 aliphatic rings. The number of nitrogens with zero attached hydrogens (tertiary/aromatic N) is 1. The molecule has 1 rings (SSSR count). The Hall–Kier alpha value is -0.610. The Bertz CT molecular complexity index is 238. The molecule has 4 heteroatoms. The molecule has 0 aliphatic carbocycles. The van der Waals surface area contributed by atoms with Gasteiger partial charge >= 0.3 is 0 Å². The fourth-order valence-electron chi connectivity index (χ4n) is 2.46. The molecule has 3 unspecified atom stereocenters. The summed E-state index contributed by atoms with van der Waals surface area (Å²) in [5.74, 6) is 1.18. The highest BCUT2D eigenvalue weighted by Gasteiger charge is 2.23. The van der Waals surface area contributed by atoms with E-state index >= 15 is 0 Å². The Kier molecular flexibility index (Phi) is 5.92. The SMILES string of the molecule is CC(O)CN(C)C(=O)CC(C)C1CCCNC1. The van der Waals surface area contributed by atoms with E-state index in [1.54, 1.807) is 18.9 Å². The molecule has 0 aromatic rings. The predicted molar refractivity (Wildman–Crippen MR) is 68.7 cm³/mol. The third kappa shape index (κ3) is 5.04. The second-order valence-electron chi connectivity index (χ2n) is 5.41. The van der Waals surface area contributed by atoms with Gasteiger partial charge in [-0.05, 0) is 44.7 Å². The molecule has 1 heterocycles. The summed E-state index contributed by atoms with van der Waals surface area (Å²) in [5.41, 5.74) is 0. The molecular weight excluding hydrogens is 216 g/mol. The molecule has 0 saturated carbocycles. The van der Waals surface area contributed by atoms with Crippen molar-refractivity contribution in [3.8, 4) is 0 Å². The molecule has 1 aliphatic heterocycles. The van der Waals surface area contributed by atoms with Crippen LogP contribution in [0.2, 0.25) is 0 Å². The van der Waals surface area contributed by atoms with Crippen LogP contribution in [0.25, 0.3) is 0 Å². The minimum absolute atomic E-state index is 0.143. The molecule has 100 valence electrons. The molecule has 2 N–H and O–H groups in total. The van der Waals surface area contributed by atoms with Crippen LogP contribution in [-0.2, 0) is 4.79 Å². The summed E-state index contributed by atoms with van der Waals surface area (Å²) < 4.78 is 0. The van der Waals surface area contributed by atoms with Crippen molar-refractivity contribution < 1.29 is 9.90 Å². The van der Waals surface area contributed by atoms with E-state index in [9.17, 15) is 9.90 Å². The minimum atomic E-state index is -0.449. The number of hydrogen-bond acceptors (Lipinski definition) is 3. The molecule has 3 atom stereocenters. The molecular formula is C13H26N2O2. The Morgan fingerprint density at radius 2 is 2.24 bits per heavy atom. The van der Waals surface area contributed by atoms with Gasteiger partial charge in [0, 0.05) is 20.0 Å². The number of likely N-dealkylation sites (N-methyl/N-ethyl adjacent to an activating group) is 1. The Balaban J connectivity index is 2.33. The maximum Gasteiger partial charge on any atom is 0.222 e. The van der Waals surface area contributed by atoms with Gasteiger partial charge in [-0.25, -0.2) is 0 Å². The van der Waals surface area contributed by atoms with E-state index in [4.69, 9.17) is 0 Å². The fraction of sp³-hybridized carbons (Fsp3) is 0.923. The van der Waals surface area contributed by atoms with Gasteiger partial charge in [-0.15, -0.1) is 0 Å². The molecule has 0 aromatic carbocycles. The van der Waals surface area contributed by atoms with Crippen LogP contribution in [0.4, 0.5) is 0 Å². The van der Waals surface area contributed by atoms with Gasteiger partial charge < -0.3 is 15.3 Å². The number of carbonyl (C=O) groups is 1. The fourth-order valence-corrected chi connectivity index (χ4v) is 2.46. The number of nitrogens with one attached hydrogen (secondary N) is 1. The van der Waals surface area contributed by atoms with E-state index in [1.807, 2.05) is 0 Å². The van der Waals surface area contributed by atoms with E-state index in [2.05, 4.69) is 12.2 Å². The Morgan fingerprint density at radius 1 is 1.53 bits per heavy atom. The highest BCUT2D eigenvalue weighted by molar-refractivity contribution is 5.76. The number of carbonyl (C=O) groups excluding carboxylic acids is 1. The molecule has 0 radical (unpaired) electrons. The van der Waals surface area contributed by atoms with Crippen molar-refractivity contribution in [3.05, 3.63) is 0 Å². The standard InChI is InChI=1S/C13H26N2O2/c1-10(12-5-4-6-14-8-12)7-13(17)15(3)9-11(2)16/h10-12,14,16H,4-9H2,1-3H3. The number of aliphatic hydroxyl groups is 1. The van der Waals surface area contributed by atoms with Gasteiger partial charge in [0.1, 0.15) is 0 Å². The average molecular weight is 242 g/mol. The van der Waals surface area contributed by atoms with Gasteiger partial charge in [0.2, 0.25) is 5.91 Å². The molecule has 1 amide bonds. The number of aliphatic hydroxyl groups excluding tert-OH is 1. The maximum atomic E-state index is 11.9. The van der Waals surface area contributed by atoms with Crippen molar-refractivity contribution in [3.63, 3.8) is 0 Å². The lowest BCUT2D eigenvalue weighted by Crippen LogP contribution is -2.37. The van der Waals surface area contributed by atoms with Crippen LogP contribution in [0.1, 0.15) is 33.1 Å². The lowest BCUT2D eigenvalue weighted by molar-refractivity contribution is -0.132. The van der Waals surface area contributed by atoms with Gasteiger partial charge in [0.05, 0.1) is 6.10 Å².